The Kier molecular flexibility index (Phi) is 11.8. The zero-order valence-corrected chi connectivity index (χ0v) is 52.1. The second-order valence-electron chi connectivity index (χ2n) is 23.6. The third-order valence-electron chi connectivity index (χ3n) is 16.1. The molecule has 9 unspecified atom stereocenters. The SMILES string of the molecule is [2H]C([2H])([2H])Oc1cc2c(cc1OC)C1CC(OC(=O)[C@@]([2H])(N)C([2H])(C([2H])([2H])[2H])C([2H])([2H])[2H])C(CC(C)C)CN1C([2H])([2H])C2([2H])[2H].[2H]C([2H])([2H])Oc1cc2c(cc1OC)C1CC([2H])(OC(=O)[C@@]([2H])(N)C([2H])(C([2H])([2H])[2H])C([2H])([2H])[2H])C(CC(C)C)CN1C([2H])([2H])C2([2H])[2H].[2H]C1(OC(=O)[C@@]([2H])(N)C([2H])(C([2H])([2H])[2H])C([2H])([2H])[2H])CC2c3cc(OC)c(OC)cc3C([2H])([2H])C([2H])([2H])N2CC1CC(C)C. The van der Waals surface area contributed by atoms with E-state index in [0.717, 1.165) is 17.0 Å². The van der Waals surface area contributed by atoms with Gasteiger partial charge in [-0.1, -0.05) is 82.7 Å². The van der Waals surface area contributed by atoms with E-state index in [-0.39, 0.29) is 112 Å². The maximum atomic E-state index is 13.5. The van der Waals surface area contributed by atoms with E-state index in [9.17, 15) is 17.1 Å². The number of fused-ring (bicyclic) bond motifs is 9. The molecule has 0 amide bonds. The van der Waals surface area contributed by atoms with Gasteiger partial charge in [0, 0.05) is 140 Å². The smallest absolute Gasteiger partial charge is 0.323 e. The first-order valence-corrected chi connectivity index (χ1v) is 29.1. The number of aryl methyl sites for hydroxylation is 3. The van der Waals surface area contributed by atoms with Gasteiger partial charge >= 0.3 is 17.9 Å². The lowest BCUT2D eigenvalue weighted by Gasteiger charge is -2.47. The van der Waals surface area contributed by atoms with Gasteiger partial charge in [0.2, 0.25) is 0 Å². The van der Waals surface area contributed by atoms with Crippen LogP contribution < -0.4 is 45.6 Å². The Morgan fingerprint density at radius 1 is 0.478 bits per heavy atom. The van der Waals surface area contributed by atoms with Gasteiger partial charge in [0.25, 0.3) is 0 Å². The molecule has 9 rings (SSSR count). The molecule has 0 saturated carbocycles. The minimum Gasteiger partial charge on any atom is -0.493 e. The highest BCUT2D eigenvalue weighted by Gasteiger charge is 2.45. The van der Waals surface area contributed by atoms with Crippen molar-refractivity contribution in [2.45, 2.75) is 195 Å². The van der Waals surface area contributed by atoms with Crippen LogP contribution in [0.25, 0.3) is 0 Å². The van der Waals surface area contributed by atoms with Crippen molar-refractivity contribution in [2.75, 3.05) is 81.6 Å². The van der Waals surface area contributed by atoms with E-state index in [1.54, 1.807) is 27.7 Å². The summed E-state index contributed by atoms with van der Waals surface area (Å²) >= 11 is 0. The zero-order chi connectivity index (χ0) is 104. The molecule has 0 bridgehead atoms. The Labute approximate surface area is 601 Å². The maximum absolute atomic E-state index is 13.5. The van der Waals surface area contributed by atoms with Gasteiger partial charge in [-0.2, -0.15) is 0 Å². The van der Waals surface area contributed by atoms with Crippen LogP contribution in [0.2, 0.25) is 0 Å². The summed E-state index contributed by atoms with van der Waals surface area (Å²) in [6, 6.07) is -7.06. The maximum Gasteiger partial charge on any atom is 0.323 e. The molecule has 504 valence electrons. The third-order valence-corrected chi connectivity index (χ3v) is 16.1. The Hall–Kier alpha value is -5.37. The highest BCUT2D eigenvalue weighted by Crippen LogP contribution is 2.48. The van der Waals surface area contributed by atoms with Gasteiger partial charge in [0.15, 0.2) is 34.5 Å². The molecule has 0 aliphatic carbocycles. The number of piperidine rings is 3. The van der Waals surface area contributed by atoms with Gasteiger partial charge in [-0.3, -0.25) is 29.1 Å². The lowest BCUT2D eigenvalue weighted by molar-refractivity contribution is -0.161. The summed E-state index contributed by atoms with van der Waals surface area (Å²) in [5, 5.41) is 0. The highest BCUT2D eigenvalue weighted by atomic mass is 16.6. The van der Waals surface area contributed by atoms with Gasteiger partial charge in [-0.05, 0) is 144 Å². The van der Waals surface area contributed by atoms with E-state index in [0.29, 0.717) is 6.42 Å². The fourth-order valence-corrected chi connectivity index (χ4v) is 11.8. The van der Waals surface area contributed by atoms with Crippen molar-refractivity contribution in [1.29, 1.82) is 0 Å². The summed E-state index contributed by atoms with van der Waals surface area (Å²) in [6.07, 6.45) is -14.8. The highest BCUT2D eigenvalue weighted by molar-refractivity contribution is 5.77. The lowest BCUT2D eigenvalue weighted by Crippen LogP contribution is -2.51. The van der Waals surface area contributed by atoms with Crippen molar-refractivity contribution < 1.29 is 117 Å². The molecule has 18 nitrogen and oxygen atoms in total. The Bertz CT molecular complexity index is 4720. The fourth-order valence-electron chi connectivity index (χ4n) is 11.8. The number of esters is 3. The van der Waals surface area contributed by atoms with Crippen LogP contribution in [0.5, 0.6) is 34.5 Å². The van der Waals surface area contributed by atoms with Gasteiger partial charge < -0.3 is 59.8 Å². The van der Waals surface area contributed by atoms with Crippen LogP contribution in [0.4, 0.5) is 0 Å². The van der Waals surface area contributed by atoms with Crippen LogP contribution in [-0.2, 0) is 47.7 Å². The second-order valence-corrected chi connectivity index (χ2v) is 23.6. The zero-order valence-electron chi connectivity index (χ0n) is 96.1. The standard InChI is InChI=1S/3C24H38N2O4/c3*1-14(2)9-17-13-26-8-7-16-10-21(28-5)22(29-6)11-18(16)19(26)12-20(17)30-24(27)23(25)15(3)4/h3*10-11,14-15,17,19-20,23H,7-9,12-13,25H2,1-6H3/t3*17?,19?,20?,23-/m000/s1/i3D3,4D3,5D3,7D2,8D2,15D,20D,23D;3D3,4D3,7D2,8D2,15D,20D,23D;3D3,4D3,5D3,7D2,8D2,15D,23D. The number of carbonyl (C=O) groups is 3. The minimum atomic E-state index is -3.88. The molecule has 6 N–H and O–H groups in total. The van der Waals surface area contributed by atoms with Gasteiger partial charge in [0.05, 0.1) is 57.6 Å². The molecule has 3 aromatic rings. The molecule has 18 heteroatoms. The average molecular weight is 1300 g/mol. The fraction of sp³-hybridized carbons (Fsp3) is 0.708. The normalized spacial score (nSPS) is 39.6. The van der Waals surface area contributed by atoms with Crippen molar-refractivity contribution in [2.24, 2.45) is 70.4 Å². The lowest BCUT2D eigenvalue weighted by atomic mass is 9.79. The van der Waals surface area contributed by atoms with Crippen molar-refractivity contribution in [3.05, 3.63) is 69.8 Å². The molecule has 12 atom stereocenters. The van der Waals surface area contributed by atoms with Gasteiger partial charge in [0.1, 0.15) is 36.3 Å². The van der Waals surface area contributed by atoms with E-state index in [1.807, 2.05) is 13.8 Å². The monoisotopic (exact) mass is 1300 g/mol. The number of carbonyl (C=O) groups excluding carboxylic acids is 3. The van der Waals surface area contributed by atoms with Crippen molar-refractivity contribution in [3.8, 4) is 34.5 Å². The Balaban J connectivity index is 0.000000274. The van der Waals surface area contributed by atoms with E-state index < -0.39 is 227 Å². The van der Waals surface area contributed by atoms with Gasteiger partial charge in [-0.25, -0.2) is 0 Å². The molecular formula is C72H114N6O12. The molecule has 3 aromatic carbocycles. The average Bonchev–Trinajstić information content (AvgIpc) is 0.624. The molecule has 90 heavy (non-hydrogen) atoms. The first kappa shape index (κ1) is 32.7. The van der Waals surface area contributed by atoms with Crippen molar-refractivity contribution in [1.82, 2.24) is 14.7 Å². The van der Waals surface area contributed by atoms with Crippen molar-refractivity contribution in [3.63, 3.8) is 0 Å². The summed E-state index contributed by atoms with van der Waals surface area (Å²) in [7, 11) is -0.813. The topological polar surface area (TPSA) is 222 Å². The summed E-state index contributed by atoms with van der Waals surface area (Å²) in [5.74, 6) is -21.1. The van der Waals surface area contributed by atoms with Crippen molar-refractivity contribution >= 4 is 17.9 Å². The Morgan fingerprint density at radius 2 is 0.778 bits per heavy atom. The largest absolute Gasteiger partial charge is 0.493 e. The summed E-state index contributed by atoms with van der Waals surface area (Å²) < 4.78 is 405. The number of hydrogen-bond acceptors (Lipinski definition) is 18. The second kappa shape index (κ2) is 32.5. The van der Waals surface area contributed by atoms with E-state index >= 15 is 0 Å². The molecule has 3 saturated heterocycles. The predicted octanol–water partition coefficient (Wildman–Crippen LogP) is 10.7. The number of ether oxygens (including phenoxy) is 9. The summed E-state index contributed by atoms with van der Waals surface area (Å²) in [4.78, 5) is 44.0. The van der Waals surface area contributed by atoms with Crippen LogP contribution in [0.15, 0.2) is 36.4 Å². The predicted molar refractivity (Wildman–Crippen MR) is 353 cm³/mol. The molecule has 0 aromatic heterocycles. The molecule has 6 heterocycles. The number of hydrogen-bond donors (Lipinski definition) is 3. The first-order chi connectivity index (χ1) is 59.7. The van der Waals surface area contributed by atoms with Crippen LogP contribution in [0.1, 0.15) is 233 Å². The molecule has 0 radical (unpaired) electrons. The minimum absolute atomic E-state index is 0.0373. The molecule has 6 aliphatic heterocycles. The molecule has 3 fully saturated rings. The quantitative estimate of drug-likeness (QED) is 0.0666. The number of methoxy groups -OCH3 is 6. The van der Waals surface area contributed by atoms with Gasteiger partial charge in [-0.15, -0.1) is 0 Å². The summed E-state index contributed by atoms with van der Waals surface area (Å²) in [6.45, 7) is -20.7. The van der Waals surface area contributed by atoms with Crippen LogP contribution >= 0.6 is 0 Å². The Morgan fingerprint density at radius 3 is 1.10 bits per heavy atom. The van der Waals surface area contributed by atoms with Crippen LogP contribution in [-0.4, -0.2) is 151 Å². The van der Waals surface area contributed by atoms with Crippen LogP contribution in [0, 0.1) is 53.2 Å². The molecule has 6 aliphatic rings. The number of rotatable bonds is 21. The molecule has 0 spiro atoms. The number of benzene rings is 3. The summed E-state index contributed by atoms with van der Waals surface area (Å²) in [5.41, 5.74) is 17.0. The third kappa shape index (κ3) is 17.5. The number of nitrogens with two attached hydrogens (primary N) is 3. The molecular weight excluding hydrogens is 1140 g/mol. The first-order valence-electron chi connectivity index (χ1n) is 51.1. The van der Waals surface area contributed by atoms with E-state index in [2.05, 4.69) is 0 Å². The van der Waals surface area contributed by atoms with E-state index in [1.165, 1.54) is 62.5 Å². The number of nitrogens with zero attached hydrogens (tertiary/aromatic N) is 3. The van der Waals surface area contributed by atoms with Crippen LogP contribution in [0.3, 0.4) is 0 Å². The van der Waals surface area contributed by atoms with E-state index in [4.69, 9.17) is 117 Å².